The Kier molecular flexibility index (Phi) is 4.20. The van der Waals surface area contributed by atoms with Gasteiger partial charge in [0.25, 0.3) is 0 Å². The Bertz CT molecular complexity index is 615. The van der Waals surface area contributed by atoms with Crippen molar-refractivity contribution in [3.63, 3.8) is 0 Å². The fourth-order valence-electron chi connectivity index (χ4n) is 2.11. The molecule has 0 N–H and O–H groups in total. The first kappa shape index (κ1) is 14.1. The first-order valence-electron chi connectivity index (χ1n) is 6.91. The molecule has 0 bridgehead atoms. The zero-order chi connectivity index (χ0) is 14.7. The van der Waals surface area contributed by atoms with E-state index in [1.807, 2.05) is 0 Å². The largest absolute Gasteiger partial charge is 0.494 e. The van der Waals surface area contributed by atoms with Gasteiger partial charge in [0.15, 0.2) is 11.6 Å². The lowest BCUT2D eigenvalue weighted by Crippen LogP contribution is -2.19. The summed E-state index contributed by atoms with van der Waals surface area (Å²) in [7, 11) is 1.57. The van der Waals surface area contributed by atoms with Gasteiger partial charge in [0.05, 0.1) is 26.1 Å². The summed E-state index contributed by atoms with van der Waals surface area (Å²) in [6.45, 7) is 0.666. The van der Waals surface area contributed by atoms with Gasteiger partial charge in [0, 0.05) is 11.8 Å². The Morgan fingerprint density at radius 1 is 1.24 bits per heavy atom. The van der Waals surface area contributed by atoms with E-state index in [-0.39, 0.29) is 0 Å². The quantitative estimate of drug-likeness (QED) is 0.847. The smallest absolute Gasteiger partial charge is 0.233 e. The predicted octanol–water partition coefficient (Wildman–Crippen LogP) is 3.38. The molecule has 1 aliphatic carbocycles. The topological polar surface area (TPSA) is 57.1 Å². The summed E-state index contributed by atoms with van der Waals surface area (Å²) >= 11 is 6.36. The van der Waals surface area contributed by atoms with Crippen molar-refractivity contribution >= 4 is 11.6 Å². The number of halogens is 1. The molecule has 2 aromatic heterocycles. The predicted molar refractivity (Wildman–Crippen MR) is 79.7 cm³/mol. The average molecular weight is 306 g/mol. The molecule has 0 aromatic carbocycles. The SMILES string of the molecule is COc1cnc(-c2ccnc(OCC3CCC3)c2Cl)nc1. The van der Waals surface area contributed by atoms with Crippen molar-refractivity contribution in [1.29, 1.82) is 0 Å². The molecular formula is C15H16ClN3O2. The van der Waals surface area contributed by atoms with Crippen molar-refractivity contribution in [2.24, 2.45) is 5.92 Å². The molecule has 2 heterocycles. The molecule has 110 valence electrons. The van der Waals surface area contributed by atoms with Gasteiger partial charge in [-0.2, -0.15) is 0 Å². The molecule has 0 atom stereocenters. The molecule has 0 aliphatic heterocycles. The normalized spacial score (nSPS) is 14.6. The summed E-state index contributed by atoms with van der Waals surface area (Å²) in [5.74, 6) is 2.20. The highest BCUT2D eigenvalue weighted by Crippen LogP contribution is 2.33. The second-order valence-corrected chi connectivity index (χ2v) is 5.41. The minimum Gasteiger partial charge on any atom is -0.494 e. The molecule has 1 saturated carbocycles. The number of aromatic nitrogens is 3. The fourth-order valence-corrected chi connectivity index (χ4v) is 2.37. The van der Waals surface area contributed by atoms with Crippen LogP contribution >= 0.6 is 11.6 Å². The van der Waals surface area contributed by atoms with Crippen LogP contribution in [0.4, 0.5) is 0 Å². The molecular weight excluding hydrogens is 290 g/mol. The summed E-state index contributed by atoms with van der Waals surface area (Å²) in [5, 5.41) is 0.446. The lowest BCUT2D eigenvalue weighted by molar-refractivity contribution is 0.176. The van der Waals surface area contributed by atoms with Gasteiger partial charge >= 0.3 is 0 Å². The van der Waals surface area contributed by atoms with Gasteiger partial charge in [-0.25, -0.2) is 15.0 Å². The van der Waals surface area contributed by atoms with Crippen LogP contribution < -0.4 is 9.47 Å². The lowest BCUT2D eigenvalue weighted by atomic mass is 9.86. The van der Waals surface area contributed by atoms with Crippen molar-refractivity contribution in [2.45, 2.75) is 19.3 Å². The van der Waals surface area contributed by atoms with E-state index >= 15 is 0 Å². The molecule has 0 saturated heterocycles. The second-order valence-electron chi connectivity index (χ2n) is 5.03. The maximum Gasteiger partial charge on any atom is 0.233 e. The molecule has 3 rings (SSSR count). The minimum absolute atomic E-state index is 0.445. The minimum atomic E-state index is 0.445. The van der Waals surface area contributed by atoms with Crippen LogP contribution in [0, 0.1) is 5.92 Å². The van der Waals surface area contributed by atoms with Gasteiger partial charge in [0.2, 0.25) is 5.88 Å². The number of ether oxygens (including phenoxy) is 2. The number of nitrogens with zero attached hydrogens (tertiary/aromatic N) is 3. The van der Waals surface area contributed by atoms with E-state index < -0.39 is 0 Å². The van der Waals surface area contributed by atoms with Crippen LogP contribution in [-0.2, 0) is 0 Å². The maximum atomic E-state index is 6.36. The summed E-state index contributed by atoms with van der Waals surface area (Å²) in [6.07, 6.45) is 8.60. The molecule has 21 heavy (non-hydrogen) atoms. The van der Waals surface area contributed by atoms with Gasteiger partial charge < -0.3 is 9.47 Å². The van der Waals surface area contributed by atoms with Gasteiger partial charge in [-0.1, -0.05) is 18.0 Å². The van der Waals surface area contributed by atoms with E-state index in [0.717, 1.165) is 0 Å². The molecule has 2 aromatic rings. The van der Waals surface area contributed by atoms with E-state index in [2.05, 4.69) is 15.0 Å². The number of hydrogen-bond donors (Lipinski definition) is 0. The van der Waals surface area contributed by atoms with Crippen LogP contribution in [0.2, 0.25) is 5.02 Å². The van der Waals surface area contributed by atoms with Crippen LogP contribution in [0.3, 0.4) is 0 Å². The summed E-state index contributed by atoms with van der Waals surface area (Å²) < 4.78 is 10.8. The highest BCUT2D eigenvalue weighted by atomic mass is 35.5. The third kappa shape index (κ3) is 3.08. The molecule has 0 spiro atoms. The van der Waals surface area contributed by atoms with Crippen LogP contribution in [0.25, 0.3) is 11.4 Å². The molecule has 0 unspecified atom stereocenters. The van der Waals surface area contributed by atoms with Crippen molar-refractivity contribution < 1.29 is 9.47 Å². The van der Waals surface area contributed by atoms with Crippen LogP contribution in [0.1, 0.15) is 19.3 Å². The van der Waals surface area contributed by atoms with Crippen molar-refractivity contribution in [1.82, 2.24) is 15.0 Å². The Morgan fingerprint density at radius 3 is 2.62 bits per heavy atom. The van der Waals surface area contributed by atoms with Crippen molar-refractivity contribution in [3.8, 4) is 23.0 Å². The van der Waals surface area contributed by atoms with Gasteiger partial charge in [-0.05, 0) is 24.8 Å². The first-order valence-corrected chi connectivity index (χ1v) is 7.29. The average Bonchev–Trinajstić information content (AvgIpc) is 2.47. The van der Waals surface area contributed by atoms with Crippen LogP contribution in [0.5, 0.6) is 11.6 Å². The standard InChI is InChI=1S/C15H16ClN3O2/c1-20-11-7-18-14(19-8-11)12-5-6-17-15(13(12)16)21-9-10-3-2-4-10/h5-8,10H,2-4,9H2,1H3. The van der Waals surface area contributed by atoms with Gasteiger partial charge in [-0.15, -0.1) is 0 Å². The maximum absolute atomic E-state index is 6.36. The Hall–Kier alpha value is -1.88. The summed E-state index contributed by atoms with van der Waals surface area (Å²) in [4.78, 5) is 12.7. The molecule has 5 nitrogen and oxygen atoms in total. The molecule has 1 fully saturated rings. The number of hydrogen-bond acceptors (Lipinski definition) is 5. The highest BCUT2D eigenvalue weighted by molar-refractivity contribution is 6.34. The third-order valence-electron chi connectivity index (χ3n) is 3.64. The van der Waals surface area contributed by atoms with E-state index in [4.69, 9.17) is 21.1 Å². The second kappa shape index (κ2) is 6.26. The van der Waals surface area contributed by atoms with Gasteiger partial charge in [0.1, 0.15) is 5.02 Å². The van der Waals surface area contributed by atoms with Crippen molar-refractivity contribution in [3.05, 3.63) is 29.7 Å². The highest BCUT2D eigenvalue weighted by Gasteiger charge is 2.20. The Morgan fingerprint density at radius 2 is 2.00 bits per heavy atom. The van der Waals surface area contributed by atoms with E-state index in [9.17, 15) is 0 Å². The fraction of sp³-hybridized carbons (Fsp3) is 0.400. The zero-order valence-electron chi connectivity index (χ0n) is 11.8. The number of rotatable bonds is 5. The van der Waals surface area contributed by atoms with E-state index in [1.165, 1.54) is 19.3 Å². The summed E-state index contributed by atoms with van der Waals surface area (Å²) in [6, 6.07) is 1.78. The number of pyridine rings is 1. The third-order valence-corrected chi connectivity index (χ3v) is 4.01. The zero-order valence-corrected chi connectivity index (χ0v) is 12.5. The molecule has 0 amide bonds. The molecule has 0 radical (unpaired) electrons. The monoisotopic (exact) mass is 305 g/mol. The summed E-state index contributed by atoms with van der Waals surface area (Å²) in [5.41, 5.74) is 0.706. The van der Waals surface area contributed by atoms with E-state index in [1.54, 1.807) is 31.8 Å². The molecule has 6 heteroatoms. The Labute approximate surface area is 128 Å². The van der Waals surface area contributed by atoms with Gasteiger partial charge in [-0.3, -0.25) is 0 Å². The number of methoxy groups -OCH3 is 1. The first-order chi connectivity index (χ1) is 10.3. The lowest BCUT2D eigenvalue weighted by Gasteiger charge is -2.25. The van der Waals surface area contributed by atoms with E-state index in [0.29, 0.717) is 40.6 Å². The van der Waals surface area contributed by atoms with Crippen molar-refractivity contribution in [2.75, 3.05) is 13.7 Å². The Balaban J connectivity index is 1.80. The van der Waals surface area contributed by atoms with Crippen LogP contribution in [0.15, 0.2) is 24.7 Å². The molecule has 1 aliphatic rings. The van der Waals surface area contributed by atoms with Crippen LogP contribution in [-0.4, -0.2) is 28.7 Å².